The van der Waals surface area contributed by atoms with E-state index >= 15 is 0 Å². The fourth-order valence-corrected chi connectivity index (χ4v) is 1.26. The van der Waals surface area contributed by atoms with Crippen molar-refractivity contribution < 1.29 is 0 Å². The van der Waals surface area contributed by atoms with Crippen LogP contribution in [0.1, 0.15) is 23.6 Å². The summed E-state index contributed by atoms with van der Waals surface area (Å²) >= 11 is 0. The summed E-state index contributed by atoms with van der Waals surface area (Å²) in [6.45, 7) is 8.04. The first kappa shape index (κ1) is 9.78. The average Bonchev–Trinajstić information content (AvgIpc) is 1.99. The van der Waals surface area contributed by atoms with E-state index in [0.29, 0.717) is 5.84 Å². The van der Waals surface area contributed by atoms with Crippen LogP contribution >= 0.6 is 0 Å². The first-order valence-corrected chi connectivity index (χ1v) is 4.39. The lowest BCUT2D eigenvalue weighted by molar-refractivity contribution is 1.27. The van der Waals surface area contributed by atoms with Crippen molar-refractivity contribution >= 4 is 11.5 Å². The van der Waals surface area contributed by atoms with Crippen molar-refractivity contribution in [2.45, 2.75) is 27.7 Å². The third-order valence-electron chi connectivity index (χ3n) is 2.11. The predicted octanol–water partition coefficient (Wildman–Crippen LogP) is 2.62. The Hall–Kier alpha value is -1.31. The van der Waals surface area contributed by atoms with Gasteiger partial charge < -0.3 is 5.73 Å². The Labute approximate surface area is 79.5 Å². The minimum absolute atomic E-state index is 0.603. The van der Waals surface area contributed by atoms with E-state index in [0.717, 1.165) is 5.69 Å². The molecular formula is C11H16N2. The molecule has 0 saturated heterocycles. The Morgan fingerprint density at radius 3 is 2.15 bits per heavy atom. The quantitative estimate of drug-likeness (QED) is 0.518. The normalized spacial score (nSPS) is 11.8. The minimum atomic E-state index is 0.603. The Kier molecular flexibility index (Phi) is 2.71. The van der Waals surface area contributed by atoms with E-state index in [2.05, 4.69) is 31.0 Å². The number of benzene rings is 1. The van der Waals surface area contributed by atoms with Gasteiger partial charge in [0.05, 0.1) is 11.5 Å². The first-order chi connectivity index (χ1) is 6.00. The third-order valence-corrected chi connectivity index (χ3v) is 2.11. The second kappa shape index (κ2) is 3.60. The Morgan fingerprint density at radius 2 is 1.62 bits per heavy atom. The van der Waals surface area contributed by atoms with Gasteiger partial charge in [0.25, 0.3) is 0 Å². The van der Waals surface area contributed by atoms with Crippen LogP contribution in [0.15, 0.2) is 17.1 Å². The lowest BCUT2D eigenvalue weighted by Crippen LogP contribution is -2.04. The number of nitrogens with zero attached hydrogens (tertiary/aromatic N) is 1. The molecule has 0 fully saturated rings. The van der Waals surface area contributed by atoms with Gasteiger partial charge in [-0.25, -0.2) is 4.99 Å². The van der Waals surface area contributed by atoms with E-state index in [9.17, 15) is 0 Å². The molecule has 0 unspecified atom stereocenters. The smallest absolute Gasteiger partial charge is 0.0965 e. The van der Waals surface area contributed by atoms with Crippen LogP contribution in [-0.2, 0) is 0 Å². The zero-order valence-corrected chi connectivity index (χ0v) is 8.68. The number of aliphatic imine (C=N–C) groups is 1. The molecule has 2 nitrogen and oxygen atoms in total. The molecule has 0 spiro atoms. The molecule has 0 amide bonds. The lowest BCUT2D eigenvalue weighted by atomic mass is 10.1. The molecule has 0 saturated carbocycles. The van der Waals surface area contributed by atoms with Crippen molar-refractivity contribution in [2.75, 3.05) is 0 Å². The van der Waals surface area contributed by atoms with Gasteiger partial charge in [-0.05, 0) is 50.5 Å². The Balaban J connectivity index is 3.24. The van der Waals surface area contributed by atoms with Gasteiger partial charge in [0.15, 0.2) is 0 Å². The summed E-state index contributed by atoms with van der Waals surface area (Å²) in [4.78, 5) is 4.26. The molecule has 0 heterocycles. The zero-order chi connectivity index (χ0) is 10.0. The molecule has 0 aliphatic heterocycles. The maximum Gasteiger partial charge on any atom is 0.0965 e. The van der Waals surface area contributed by atoms with E-state index in [1.54, 1.807) is 6.92 Å². The van der Waals surface area contributed by atoms with E-state index in [1.807, 2.05) is 6.92 Å². The van der Waals surface area contributed by atoms with Crippen LogP contribution in [0.2, 0.25) is 0 Å². The molecule has 0 bridgehead atoms. The summed E-state index contributed by atoms with van der Waals surface area (Å²) in [7, 11) is 0. The first-order valence-electron chi connectivity index (χ1n) is 4.39. The lowest BCUT2D eigenvalue weighted by Gasteiger charge is -2.05. The summed E-state index contributed by atoms with van der Waals surface area (Å²) in [6, 6.07) is 4.21. The van der Waals surface area contributed by atoms with Crippen LogP contribution in [-0.4, -0.2) is 5.84 Å². The number of aryl methyl sites for hydroxylation is 3. The fourth-order valence-electron chi connectivity index (χ4n) is 1.26. The van der Waals surface area contributed by atoms with Crippen LogP contribution in [0.3, 0.4) is 0 Å². The van der Waals surface area contributed by atoms with Crippen LogP contribution in [0.25, 0.3) is 0 Å². The van der Waals surface area contributed by atoms with Crippen molar-refractivity contribution in [1.82, 2.24) is 0 Å². The van der Waals surface area contributed by atoms with Gasteiger partial charge in [-0.2, -0.15) is 0 Å². The predicted molar refractivity (Wildman–Crippen MR) is 57.6 cm³/mol. The highest BCUT2D eigenvalue weighted by Crippen LogP contribution is 2.22. The summed E-state index contributed by atoms with van der Waals surface area (Å²) in [5, 5.41) is 0. The van der Waals surface area contributed by atoms with Crippen molar-refractivity contribution in [3.63, 3.8) is 0 Å². The Bertz CT molecular complexity index is 347. The molecule has 1 rings (SSSR count). The summed E-state index contributed by atoms with van der Waals surface area (Å²) in [5.41, 5.74) is 10.2. The van der Waals surface area contributed by atoms with Crippen molar-refractivity contribution in [3.05, 3.63) is 28.8 Å². The SMILES string of the molecule is CC(N)=Nc1cc(C)c(C)cc1C. The minimum Gasteiger partial charge on any atom is -0.387 e. The van der Waals surface area contributed by atoms with Gasteiger partial charge in [-0.15, -0.1) is 0 Å². The molecule has 0 radical (unpaired) electrons. The van der Waals surface area contributed by atoms with Gasteiger partial charge in [0.1, 0.15) is 0 Å². The highest BCUT2D eigenvalue weighted by atomic mass is 14.8. The molecule has 2 heteroatoms. The number of nitrogens with two attached hydrogens (primary N) is 1. The fraction of sp³-hybridized carbons (Fsp3) is 0.364. The molecule has 0 aliphatic carbocycles. The average molecular weight is 176 g/mol. The topological polar surface area (TPSA) is 38.4 Å². The summed E-state index contributed by atoms with van der Waals surface area (Å²) < 4.78 is 0. The number of hydrogen-bond donors (Lipinski definition) is 1. The van der Waals surface area contributed by atoms with Gasteiger partial charge in [-0.1, -0.05) is 6.07 Å². The Morgan fingerprint density at radius 1 is 1.08 bits per heavy atom. The van der Waals surface area contributed by atoms with Gasteiger partial charge in [-0.3, -0.25) is 0 Å². The van der Waals surface area contributed by atoms with Gasteiger partial charge in [0, 0.05) is 0 Å². The molecule has 70 valence electrons. The molecule has 1 aromatic rings. The summed E-state index contributed by atoms with van der Waals surface area (Å²) in [5.74, 6) is 0.603. The van der Waals surface area contributed by atoms with E-state index in [-0.39, 0.29) is 0 Å². The maximum atomic E-state index is 5.53. The van der Waals surface area contributed by atoms with Crippen molar-refractivity contribution in [1.29, 1.82) is 0 Å². The molecule has 2 N–H and O–H groups in total. The van der Waals surface area contributed by atoms with Crippen molar-refractivity contribution in [2.24, 2.45) is 10.7 Å². The van der Waals surface area contributed by atoms with Crippen molar-refractivity contribution in [3.8, 4) is 0 Å². The molecule has 1 aromatic carbocycles. The monoisotopic (exact) mass is 176 g/mol. The molecule has 0 atom stereocenters. The molecule has 13 heavy (non-hydrogen) atoms. The number of hydrogen-bond acceptors (Lipinski definition) is 1. The van der Waals surface area contributed by atoms with E-state index in [1.165, 1.54) is 16.7 Å². The number of rotatable bonds is 1. The molecule has 0 aromatic heterocycles. The highest BCUT2D eigenvalue weighted by Gasteiger charge is 1.99. The third kappa shape index (κ3) is 2.31. The van der Waals surface area contributed by atoms with Gasteiger partial charge >= 0.3 is 0 Å². The number of amidine groups is 1. The van der Waals surface area contributed by atoms with E-state index in [4.69, 9.17) is 5.73 Å². The maximum absolute atomic E-state index is 5.53. The van der Waals surface area contributed by atoms with Gasteiger partial charge in [0.2, 0.25) is 0 Å². The van der Waals surface area contributed by atoms with Crippen LogP contribution in [0.4, 0.5) is 5.69 Å². The van der Waals surface area contributed by atoms with E-state index < -0.39 is 0 Å². The second-order valence-electron chi connectivity index (χ2n) is 3.48. The zero-order valence-electron chi connectivity index (χ0n) is 8.68. The van der Waals surface area contributed by atoms with Crippen LogP contribution in [0, 0.1) is 20.8 Å². The molecule has 0 aliphatic rings. The van der Waals surface area contributed by atoms with Crippen LogP contribution in [0.5, 0.6) is 0 Å². The summed E-state index contributed by atoms with van der Waals surface area (Å²) in [6.07, 6.45) is 0. The highest BCUT2D eigenvalue weighted by molar-refractivity contribution is 5.81. The second-order valence-corrected chi connectivity index (χ2v) is 3.48. The molecular weight excluding hydrogens is 160 g/mol. The largest absolute Gasteiger partial charge is 0.387 e. The van der Waals surface area contributed by atoms with Crippen LogP contribution < -0.4 is 5.73 Å². The standard InChI is InChI=1S/C11H16N2/c1-7-5-9(3)11(6-8(7)2)13-10(4)12/h5-6H,1-4H3,(H2,12,13).